The Bertz CT molecular complexity index is 1180. The van der Waals surface area contributed by atoms with Crippen molar-refractivity contribution in [3.05, 3.63) is 104 Å². The highest BCUT2D eigenvalue weighted by Gasteiger charge is 2.13. The minimum atomic E-state index is -0.151. The molecule has 0 spiro atoms. The Balaban J connectivity index is 1.68. The maximum absolute atomic E-state index is 13.1. The Kier molecular flexibility index (Phi) is 6.07. The number of pyridine rings is 2. The molecule has 2 aromatic carbocycles. The van der Waals surface area contributed by atoms with Gasteiger partial charge in [0.25, 0.3) is 0 Å². The Hall–Kier alpha value is -2.43. The number of hydrogen-bond donors (Lipinski definition) is 0. The maximum Gasteiger partial charge on any atom is 0.193 e. The normalized spacial score (nSPS) is 10.8. The first-order valence-corrected chi connectivity index (χ1v) is 10.3. The summed E-state index contributed by atoms with van der Waals surface area (Å²) < 4.78 is 0. The maximum atomic E-state index is 13.1. The molecule has 0 aliphatic rings. The van der Waals surface area contributed by atoms with Gasteiger partial charge in [0.15, 0.2) is 5.78 Å². The number of nitrogens with zero attached hydrogens (tertiary/aromatic N) is 2. The van der Waals surface area contributed by atoms with Crippen LogP contribution in [-0.2, 0) is 0 Å². The fourth-order valence-electron chi connectivity index (χ4n) is 2.94. The van der Waals surface area contributed by atoms with Gasteiger partial charge in [-0.3, -0.25) is 14.8 Å². The van der Waals surface area contributed by atoms with Gasteiger partial charge in [-0.1, -0.05) is 58.5 Å². The molecule has 2 aromatic heterocycles. The van der Waals surface area contributed by atoms with E-state index >= 15 is 0 Å². The van der Waals surface area contributed by atoms with Gasteiger partial charge in [-0.25, -0.2) is 0 Å². The van der Waals surface area contributed by atoms with Crippen LogP contribution >= 0.6 is 46.4 Å². The summed E-state index contributed by atoms with van der Waals surface area (Å²) in [5.74, 6) is -0.151. The molecule has 0 aliphatic carbocycles. The molecular weight excluding hydrogens is 462 g/mol. The summed E-state index contributed by atoms with van der Waals surface area (Å²) in [5, 5.41) is 1.76. The fourth-order valence-corrected chi connectivity index (χ4v) is 3.53. The second-order valence-electron chi connectivity index (χ2n) is 6.45. The molecule has 0 N–H and O–H groups in total. The molecule has 4 rings (SSSR count). The molecule has 0 saturated carbocycles. The zero-order chi connectivity index (χ0) is 21.3. The van der Waals surface area contributed by atoms with E-state index in [2.05, 4.69) is 9.97 Å². The molecule has 0 amide bonds. The molecule has 0 saturated heterocycles. The SMILES string of the molecule is O=C(c1ccnc(-c2ccc(Cl)c(Cl)c2)c1)c1ccnc(-c2ccc(Cl)c(Cl)c2)c1. The van der Waals surface area contributed by atoms with Crippen molar-refractivity contribution in [1.82, 2.24) is 9.97 Å². The van der Waals surface area contributed by atoms with E-state index in [-0.39, 0.29) is 5.78 Å². The lowest BCUT2D eigenvalue weighted by Crippen LogP contribution is -2.03. The van der Waals surface area contributed by atoms with Crippen LogP contribution in [0.3, 0.4) is 0 Å². The number of benzene rings is 2. The van der Waals surface area contributed by atoms with Crippen molar-refractivity contribution in [2.24, 2.45) is 0 Å². The molecule has 0 atom stereocenters. The van der Waals surface area contributed by atoms with E-state index < -0.39 is 0 Å². The van der Waals surface area contributed by atoms with Crippen LogP contribution in [0.15, 0.2) is 73.1 Å². The first-order chi connectivity index (χ1) is 14.4. The Morgan fingerprint density at radius 2 is 1.00 bits per heavy atom. The summed E-state index contributed by atoms with van der Waals surface area (Å²) in [4.78, 5) is 21.8. The number of rotatable bonds is 4. The lowest BCUT2D eigenvalue weighted by atomic mass is 10.0. The highest BCUT2D eigenvalue weighted by molar-refractivity contribution is 6.42. The number of halogens is 4. The fraction of sp³-hybridized carbons (Fsp3) is 0. The zero-order valence-electron chi connectivity index (χ0n) is 15.2. The third kappa shape index (κ3) is 4.35. The smallest absolute Gasteiger partial charge is 0.193 e. The number of carbonyl (C=O) groups excluding carboxylic acids is 1. The van der Waals surface area contributed by atoms with Crippen molar-refractivity contribution in [2.75, 3.05) is 0 Å². The molecule has 0 unspecified atom stereocenters. The van der Waals surface area contributed by atoms with Gasteiger partial charge in [0.1, 0.15) is 0 Å². The van der Waals surface area contributed by atoms with Gasteiger partial charge in [0.05, 0.1) is 31.5 Å². The monoisotopic (exact) mass is 472 g/mol. The lowest BCUT2D eigenvalue weighted by Gasteiger charge is -2.07. The van der Waals surface area contributed by atoms with Crippen LogP contribution in [-0.4, -0.2) is 15.8 Å². The van der Waals surface area contributed by atoms with Gasteiger partial charge in [-0.05, 0) is 48.5 Å². The van der Waals surface area contributed by atoms with Crippen LogP contribution < -0.4 is 0 Å². The van der Waals surface area contributed by atoms with Crippen LogP contribution in [0.25, 0.3) is 22.5 Å². The van der Waals surface area contributed by atoms with Crippen LogP contribution in [0.2, 0.25) is 20.1 Å². The second kappa shape index (κ2) is 8.75. The molecule has 7 heteroatoms. The van der Waals surface area contributed by atoms with E-state index in [0.29, 0.717) is 42.6 Å². The van der Waals surface area contributed by atoms with Crippen LogP contribution in [0.1, 0.15) is 15.9 Å². The first kappa shape index (κ1) is 20.8. The highest BCUT2D eigenvalue weighted by Crippen LogP contribution is 2.30. The zero-order valence-corrected chi connectivity index (χ0v) is 18.3. The molecule has 0 radical (unpaired) electrons. The number of hydrogen-bond acceptors (Lipinski definition) is 3. The van der Waals surface area contributed by atoms with Crippen LogP contribution in [0.5, 0.6) is 0 Å². The first-order valence-electron chi connectivity index (χ1n) is 8.80. The van der Waals surface area contributed by atoms with Crippen LogP contribution in [0.4, 0.5) is 0 Å². The highest BCUT2D eigenvalue weighted by atomic mass is 35.5. The van der Waals surface area contributed by atoms with Crippen molar-refractivity contribution >= 4 is 52.2 Å². The average molecular weight is 474 g/mol. The van der Waals surface area contributed by atoms with Crippen LogP contribution in [0, 0.1) is 0 Å². The molecular formula is C23H12Cl4N2O. The molecule has 4 aromatic rings. The number of aromatic nitrogens is 2. The van der Waals surface area contributed by atoms with Gasteiger partial charge >= 0.3 is 0 Å². The largest absolute Gasteiger partial charge is 0.289 e. The topological polar surface area (TPSA) is 42.9 Å². The molecule has 0 aliphatic heterocycles. The molecule has 30 heavy (non-hydrogen) atoms. The van der Waals surface area contributed by atoms with E-state index in [1.54, 1.807) is 73.1 Å². The Morgan fingerprint density at radius 1 is 0.567 bits per heavy atom. The Labute approximate surface area is 193 Å². The van der Waals surface area contributed by atoms with Crippen molar-refractivity contribution < 1.29 is 4.79 Å². The summed E-state index contributed by atoms with van der Waals surface area (Å²) in [6.45, 7) is 0. The van der Waals surface area contributed by atoms with Crippen molar-refractivity contribution in [1.29, 1.82) is 0 Å². The molecule has 148 valence electrons. The van der Waals surface area contributed by atoms with E-state index in [0.717, 1.165) is 11.1 Å². The van der Waals surface area contributed by atoms with Gasteiger partial charge in [-0.15, -0.1) is 0 Å². The standard InChI is InChI=1S/C23H12Cl4N2O/c24-17-3-1-13(9-19(17)26)21-11-15(5-7-28-21)23(30)16-6-8-29-22(12-16)14-2-4-18(25)20(27)10-14/h1-12H. The number of ketones is 1. The van der Waals surface area contributed by atoms with E-state index in [4.69, 9.17) is 46.4 Å². The molecule has 0 bridgehead atoms. The third-order valence-electron chi connectivity index (χ3n) is 4.47. The average Bonchev–Trinajstić information content (AvgIpc) is 2.77. The van der Waals surface area contributed by atoms with Crippen molar-refractivity contribution in [3.63, 3.8) is 0 Å². The summed E-state index contributed by atoms with van der Waals surface area (Å²) in [5.41, 5.74) is 3.78. The van der Waals surface area contributed by atoms with Crippen molar-refractivity contribution in [2.45, 2.75) is 0 Å². The predicted molar refractivity (Wildman–Crippen MR) is 123 cm³/mol. The van der Waals surface area contributed by atoms with Gasteiger partial charge in [0.2, 0.25) is 0 Å². The summed E-state index contributed by atoms with van der Waals surface area (Å²) in [6.07, 6.45) is 3.18. The number of carbonyl (C=O) groups is 1. The second-order valence-corrected chi connectivity index (χ2v) is 8.08. The molecule has 2 heterocycles. The van der Waals surface area contributed by atoms with Gasteiger partial charge < -0.3 is 0 Å². The summed E-state index contributed by atoms with van der Waals surface area (Å²) in [6, 6.07) is 17.2. The van der Waals surface area contributed by atoms with Gasteiger partial charge in [0, 0.05) is 34.6 Å². The predicted octanol–water partition coefficient (Wildman–Crippen LogP) is 7.66. The molecule has 0 fully saturated rings. The third-order valence-corrected chi connectivity index (χ3v) is 5.95. The summed E-state index contributed by atoms with van der Waals surface area (Å²) in [7, 11) is 0. The van der Waals surface area contributed by atoms with E-state index in [1.165, 1.54) is 0 Å². The lowest BCUT2D eigenvalue weighted by molar-refractivity contribution is 0.103. The molecule has 3 nitrogen and oxygen atoms in total. The quantitative estimate of drug-likeness (QED) is 0.286. The van der Waals surface area contributed by atoms with E-state index in [9.17, 15) is 4.79 Å². The Morgan fingerprint density at radius 3 is 1.40 bits per heavy atom. The minimum Gasteiger partial charge on any atom is -0.289 e. The summed E-state index contributed by atoms with van der Waals surface area (Å²) >= 11 is 24.2. The minimum absolute atomic E-state index is 0.151. The van der Waals surface area contributed by atoms with E-state index in [1.807, 2.05) is 0 Å². The van der Waals surface area contributed by atoms with Gasteiger partial charge in [-0.2, -0.15) is 0 Å². The van der Waals surface area contributed by atoms with Crippen molar-refractivity contribution in [3.8, 4) is 22.5 Å².